The molecule has 4 rings (SSSR count). The average Bonchev–Trinajstić information content (AvgIpc) is 3.23. The molecular weight excluding hydrogens is 470 g/mol. The van der Waals surface area contributed by atoms with Crippen LogP contribution < -0.4 is 10.0 Å². The summed E-state index contributed by atoms with van der Waals surface area (Å²) in [4.78, 5) is 30.5. The number of anilines is 1. The van der Waals surface area contributed by atoms with E-state index in [9.17, 15) is 18.0 Å². The number of ether oxygens (including phenoxy) is 1. The first-order valence-corrected chi connectivity index (χ1v) is 12.7. The number of urea groups is 1. The van der Waals surface area contributed by atoms with E-state index in [1.165, 1.54) is 4.31 Å². The number of carbonyl (C=O) groups is 2. The molecule has 0 bridgehead atoms. The highest BCUT2D eigenvalue weighted by atomic mass is 32.2. The average molecular weight is 500 g/mol. The predicted molar refractivity (Wildman–Crippen MR) is 131 cm³/mol. The molecule has 0 radical (unpaired) electrons. The maximum absolute atomic E-state index is 12.6. The summed E-state index contributed by atoms with van der Waals surface area (Å²) in [5, 5.41) is 2.91. The largest absolute Gasteiger partial charge is 0.443 e. The molecule has 3 heterocycles. The molecule has 2 aliphatic heterocycles. The number of aromatic nitrogens is 1. The minimum Gasteiger partial charge on any atom is -0.443 e. The SMILES string of the molecule is CC(C)(C)OC(=O)NS(=O)(=O)N1CC=C(c2ccc(NC(=O)N3Cc4cccnc4C3)cc2)CC1. The third-order valence-electron chi connectivity index (χ3n) is 5.60. The molecule has 1 aromatic carbocycles. The number of nitrogens with zero attached hydrogens (tertiary/aromatic N) is 3. The van der Waals surface area contributed by atoms with Crippen molar-refractivity contribution < 1.29 is 22.7 Å². The third kappa shape index (κ3) is 6.17. The lowest BCUT2D eigenvalue weighted by Gasteiger charge is -2.27. The zero-order valence-corrected chi connectivity index (χ0v) is 20.8. The highest BCUT2D eigenvalue weighted by Crippen LogP contribution is 2.26. The van der Waals surface area contributed by atoms with Gasteiger partial charge in [-0.25, -0.2) is 14.3 Å². The lowest BCUT2D eigenvalue weighted by atomic mass is 10.0. The van der Waals surface area contributed by atoms with Gasteiger partial charge in [-0.15, -0.1) is 0 Å². The van der Waals surface area contributed by atoms with Crippen molar-refractivity contribution in [3.63, 3.8) is 0 Å². The molecular formula is C24H29N5O5S. The Kier molecular flexibility index (Phi) is 6.82. The van der Waals surface area contributed by atoms with E-state index in [-0.39, 0.29) is 19.1 Å². The number of carbonyl (C=O) groups excluding carboxylic acids is 2. The summed E-state index contributed by atoms with van der Waals surface area (Å²) in [6.45, 7) is 6.36. The molecule has 0 atom stereocenters. The van der Waals surface area contributed by atoms with Crippen LogP contribution >= 0.6 is 0 Å². The van der Waals surface area contributed by atoms with E-state index in [4.69, 9.17) is 4.74 Å². The Labute approximate surface area is 205 Å². The van der Waals surface area contributed by atoms with Crippen molar-refractivity contribution >= 4 is 33.6 Å². The second-order valence-electron chi connectivity index (χ2n) is 9.42. The monoisotopic (exact) mass is 499 g/mol. The van der Waals surface area contributed by atoms with Gasteiger partial charge in [0.1, 0.15) is 5.60 Å². The van der Waals surface area contributed by atoms with Gasteiger partial charge in [-0.3, -0.25) is 4.98 Å². The zero-order valence-electron chi connectivity index (χ0n) is 19.9. The molecule has 2 aliphatic rings. The molecule has 3 amide bonds. The van der Waals surface area contributed by atoms with E-state index in [1.54, 1.807) is 31.9 Å². The molecule has 186 valence electrons. The van der Waals surface area contributed by atoms with Crippen molar-refractivity contribution in [1.82, 2.24) is 18.9 Å². The minimum absolute atomic E-state index is 0.134. The Morgan fingerprint density at radius 1 is 1.09 bits per heavy atom. The number of amides is 3. The molecule has 1 aromatic heterocycles. The second-order valence-corrected chi connectivity index (χ2v) is 11.1. The van der Waals surface area contributed by atoms with E-state index in [1.807, 2.05) is 47.2 Å². The van der Waals surface area contributed by atoms with Crippen molar-refractivity contribution in [3.05, 3.63) is 65.5 Å². The topological polar surface area (TPSA) is 121 Å². The Bertz CT molecular complexity index is 1230. The summed E-state index contributed by atoms with van der Waals surface area (Å²) in [6.07, 6.45) is 3.03. The van der Waals surface area contributed by atoms with Crippen LogP contribution in [0.3, 0.4) is 0 Å². The Morgan fingerprint density at radius 3 is 2.46 bits per heavy atom. The number of fused-ring (bicyclic) bond motifs is 1. The van der Waals surface area contributed by atoms with Crippen LogP contribution in [0, 0.1) is 0 Å². The van der Waals surface area contributed by atoms with Gasteiger partial charge in [-0.2, -0.15) is 12.7 Å². The number of benzene rings is 1. The Hall–Kier alpha value is -3.44. The van der Waals surface area contributed by atoms with Crippen LogP contribution in [-0.2, 0) is 28.0 Å². The maximum atomic E-state index is 12.6. The van der Waals surface area contributed by atoms with Crippen LogP contribution in [0.25, 0.3) is 5.57 Å². The molecule has 0 fully saturated rings. The van der Waals surface area contributed by atoms with Crippen LogP contribution in [0.1, 0.15) is 44.0 Å². The number of nitrogens with one attached hydrogen (secondary N) is 2. The zero-order chi connectivity index (χ0) is 25.2. The molecule has 0 spiro atoms. The van der Waals surface area contributed by atoms with Crippen molar-refractivity contribution in [3.8, 4) is 0 Å². The molecule has 0 saturated heterocycles. The van der Waals surface area contributed by atoms with Gasteiger partial charge in [0.05, 0.1) is 12.2 Å². The fourth-order valence-electron chi connectivity index (χ4n) is 3.91. The van der Waals surface area contributed by atoms with Gasteiger partial charge in [0.25, 0.3) is 0 Å². The molecule has 0 aliphatic carbocycles. The minimum atomic E-state index is -4.00. The maximum Gasteiger partial charge on any atom is 0.422 e. The van der Waals surface area contributed by atoms with E-state index < -0.39 is 21.9 Å². The predicted octanol–water partition coefficient (Wildman–Crippen LogP) is 3.49. The summed E-state index contributed by atoms with van der Waals surface area (Å²) < 4.78 is 33.2. The Morgan fingerprint density at radius 2 is 1.83 bits per heavy atom. The molecule has 35 heavy (non-hydrogen) atoms. The molecule has 2 aromatic rings. The summed E-state index contributed by atoms with van der Waals surface area (Å²) in [6, 6.07) is 11.1. The van der Waals surface area contributed by atoms with Gasteiger partial charge < -0.3 is 15.0 Å². The van der Waals surface area contributed by atoms with Gasteiger partial charge >= 0.3 is 22.3 Å². The van der Waals surface area contributed by atoms with Crippen LogP contribution in [0.5, 0.6) is 0 Å². The molecule has 0 unspecified atom stereocenters. The fourth-order valence-corrected chi connectivity index (χ4v) is 4.90. The summed E-state index contributed by atoms with van der Waals surface area (Å²) >= 11 is 0. The first-order chi connectivity index (χ1) is 16.5. The van der Waals surface area contributed by atoms with E-state index in [0.717, 1.165) is 22.4 Å². The van der Waals surface area contributed by atoms with Crippen molar-refractivity contribution in [2.75, 3.05) is 18.4 Å². The smallest absolute Gasteiger partial charge is 0.422 e. The number of rotatable bonds is 4. The lowest BCUT2D eigenvalue weighted by molar-refractivity contribution is 0.0567. The molecule has 10 nitrogen and oxygen atoms in total. The second kappa shape index (κ2) is 9.67. The summed E-state index contributed by atoms with van der Waals surface area (Å²) in [7, 11) is -4.00. The first kappa shape index (κ1) is 24.7. The molecule has 11 heteroatoms. The van der Waals surface area contributed by atoms with E-state index in [0.29, 0.717) is 25.2 Å². The van der Waals surface area contributed by atoms with E-state index >= 15 is 0 Å². The summed E-state index contributed by atoms with van der Waals surface area (Å²) in [5.74, 6) is 0. The van der Waals surface area contributed by atoms with E-state index in [2.05, 4.69) is 10.3 Å². The van der Waals surface area contributed by atoms with Crippen LogP contribution in [0.4, 0.5) is 15.3 Å². The van der Waals surface area contributed by atoms with Gasteiger partial charge in [-0.1, -0.05) is 24.3 Å². The van der Waals surface area contributed by atoms with Gasteiger partial charge in [0, 0.05) is 31.5 Å². The highest BCUT2D eigenvalue weighted by molar-refractivity contribution is 7.87. The van der Waals surface area contributed by atoms with Crippen LogP contribution in [0.2, 0.25) is 0 Å². The molecule has 0 saturated carbocycles. The standard InChI is InChI=1S/C24H29N5O5S/c1-24(2,3)34-23(31)27-35(32,33)29-13-10-18(11-14-29)17-6-8-20(9-7-17)26-22(30)28-15-19-5-4-12-25-21(19)16-28/h4-10,12H,11,13-16H2,1-3H3,(H,26,30)(H,27,31). The Balaban J connectivity index is 1.32. The highest BCUT2D eigenvalue weighted by Gasteiger charge is 2.29. The number of hydrogen-bond acceptors (Lipinski definition) is 6. The van der Waals surface area contributed by atoms with Gasteiger partial charge in [0.2, 0.25) is 0 Å². The van der Waals surface area contributed by atoms with Crippen molar-refractivity contribution in [2.45, 2.75) is 45.9 Å². The van der Waals surface area contributed by atoms with Crippen LogP contribution in [0.15, 0.2) is 48.7 Å². The normalized spacial score (nSPS) is 16.3. The van der Waals surface area contributed by atoms with Gasteiger partial charge in [0.15, 0.2) is 0 Å². The first-order valence-electron chi connectivity index (χ1n) is 11.3. The fraction of sp³-hybridized carbons (Fsp3) is 0.375. The van der Waals surface area contributed by atoms with Gasteiger partial charge in [-0.05, 0) is 62.1 Å². The number of pyridine rings is 1. The third-order valence-corrected chi connectivity index (χ3v) is 7.04. The molecule has 2 N–H and O–H groups in total. The van der Waals surface area contributed by atoms with Crippen LogP contribution in [-0.4, -0.2) is 53.4 Å². The summed E-state index contributed by atoms with van der Waals surface area (Å²) in [5.41, 5.74) is 3.78. The van der Waals surface area contributed by atoms with Crippen molar-refractivity contribution in [1.29, 1.82) is 0 Å². The lowest BCUT2D eigenvalue weighted by Crippen LogP contribution is -2.46. The number of hydrogen-bond donors (Lipinski definition) is 2. The van der Waals surface area contributed by atoms with Crippen molar-refractivity contribution in [2.24, 2.45) is 0 Å². The quantitative estimate of drug-likeness (QED) is 0.664.